The first kappa shape index (κ1) is 79.1. The maximum atomic E-state index is 13.0. The van der Waals surface area contributed by atoms with E-state index in [1.54, 1.807) is 0 Å². The lowest BCUT2D eigenvalue weighted by Gasteiger charge is -2.21. The van der Waals surface area contributed by atoms with Crippen LogP contribution in [0.5, 0.6) is 0 Å². The highest BCUT2D eigenvalue weighted by molar-refractivity contribution is 7.47. The van der Waals surface area contributed by atoms with Gasteiger partial charge in [-0.1, -0.05) is 259 Å². The Morgan fingerprint density at radius 2 is 0.593 bits per heavy atom. The summed E-state index contributed by atoms with van der Waals surface area (Å²) in [4.78, 5) is 72.0. The van der Waals surface area contributed by atoms with Crippen molar-refractivity contribution in [1.29, 1.82) is 0 Å². The van der Waals surface area contributed by atoms with Crippen LogP contribution in [-0.2, 0) is 65.4 Å². The van der Waals surface area contributed by atoms with Crippen LogP contribution in [0.25, 0.3) is 0 Å². The summed E-state index contributed by atoms with van der Waals surface area (Å²) in [5.74, 6) is -1.34. The molecule has 81 heavy (non-hydrogen) atoms. The number of aliphatic hydroxyl groups excluding tert-OH is 1. The zero-order chi connectivity index (χ0) is 59.9. The van der Waals surface area contributed by atoms with Gasteiger partial charge >= 0.3 is 39.5 Å². The van der Waals surface area contributed by atoms with Crippen molar-refractivity contribution in [2.75, 3.05) is 39.6 Å². The normalized spacial score (nSPS) is 14.6. The van der Waals surface area contributed by atoms with Gasteiger partial charge in [0.05, 0.1) is 26.4 Å². The van der Waals surface area contributed by atoms with E-state index in [1.165, 1.54) is 122 Å². The fourth-order valence-electron chi connectivity index (χ4n) is 9.20. The Bertz CT molecular complexity index is 1590. The number of hydrogen-bond donors (Lipinski definition) is 3. The fraction of sp³-hybridized carbons (Fsp3) is 0.935. The quantitative estimate of drug-likeness (QED) is 0.0222. The number of carbonyl (C=O) groups is 4. The zero-order valence-electron chi connectivity index (χ0n) is 51.9. The second-order valence-corrected chi connectivity index (χ2v) is 25.6. The third-order valence-corrected chi connectivity index (χ3v) is 16.5. The fourth-order valence-corrected chi connectivity index (χ4v) is 10.8. The second-order valence-electron chi connectivity index (χ2n) is 22.7. The molecule has 0 aliphatic rings. The average Bonchev–Trinajstić information content (AvgIpc) is 3.44. The monoisotopic (exact) mass is 1200 g/mol. The Labute approximate surface area is 492 Å². The van der Waals surface area contributed by atoms with Gasteiger partial charge in [0.25, 0.3) is 0 Å². The van der Waals surface area contributed by atoms with E-state index in [0.29, 0.717) is 25.7 Å². The number of unbranched alkanes of at least 4 members (excludes halogenated alkanes) is 33. The molecule has 19 heteroatoms. The summed E-state index contributed by atoms with van der Waals surface area (Å²) in [7, 11) is -9.88. The molecule has 0 spiro atoms. The molecule has 0 saturated carbocycles. The topological polar surface area (TPSA) is 237 Å². The van der Waals surface area contributed by atoms with Crippen molar-refractivity contribution in [3.63, 3.8) is 0 Å². The van der Waals surface area contributed by atoms with Gasteiger partial charge in [0.1, 0.15) is 19.3 Å². The van der Waals surface area contributed by atoms with E-state index < -0.39 is 97.5 Å². The SMILES string of the molecule is CCCCCCCCCCCCCC(=O)OC[C@H](COP(=O)(O)OC[C@@H](O)COP(=O)(O)OC[C@@H](COC(=O)CCCCCCCCCC)OC(=O)CCCCCCCCCC)OC(=O)CCCCCCCCCCCCC(C)CC. The first-order valence-electron chi connectivity index (χ1n) is 32.7. The number of carbonyl (C=O) groups excluding carboxylic acids is 4. The van der Waals surface area contributed by atoms with Crippen LogP contribution in [0.4, 0.5) is 0 Å². The van der Waals surface area contributed by atoms with Crippen molar-refractivity contribution < 1.29 is 80.2 Å². The van der Waals surface area contributed by atoms with Crippen molar-refractivity contribution in [2.45, 2.75) is 329 Å². The van der Waals surface area contributed by atoms with Gasteiger partial charge < -0.3 is 33.8 Å². The molecule has 0 aliphatic carbocycles. The molecule has 0 bridgehead atoms. The Morgan fingerprint density at radius 3 is 0.877 bits per heavy atom. The van der Waals surface area contributed by atoms with Crippen LogP contribution in [0.15, 0.2) is 0 Å². The van der Waals surface area contributed by atoms with E-state index in [0.717, 1.165) is 109 Å². The predicted octanol–water partition coefficient (Wildman–Crippen LogP) is 17.0. The molecule has 0 rings (SSSR count). The first-order valence-corrected chi connectivity index (χ1v) is 35.7. The van der Waals surface area contributed by atoms with E-state index >= 15 is 0 Å². The Balaban J connectivity index is 5.21. The highest BCUT2D eigenvalue weighted by atomic mass is 31.2. The summed E-state index contributed by atoms with van der Waals surface area (Å²) in [6.07, 6.45) is 38.9. The van der Waals surface area contributed by atoms with Crippen molar-refractivity contribution in [2.24, 2.45) is 5.92 Å². The molecule has 3 N–H and O–H groups in total. The Hall–Kier alpha value is -1.94. The van der Waals surface area contributed by atoms with Crippen molar-refractivity contribution >= 4 is 39.5 Å². The maximum absolute atomic E-state index is 13.0. The lowest BCUT2D eigenvalue weighted by atomic mass is 9.99. The minimum atomic E-state index is -4.94. The van der Waals surface area contributed by atoms with Gasteiger partial charge in [-0.2, -0.15) is 0 Å². The molecule has 480 valence electrons. The molecule has 17 nitrogen and oxygen atoms in total. The van der Waals surface area contributed by atoms with Crippen molar-refractivity contribution in [1.82, 2.24) is 0 Å². The molecule has 0 aliphatic heterocycles. The van der Waals surface area contributed by atoms with E-state index in [9.17, 15) is 43.2 Å². The standard InChI is InChI=1S/C62H120O17P2/c1-6-10-13-16-19-22-23-27-32-36-41-46-60(65)73-52-58(79-62(67)48-43-38-33-28-25-24-26-29-34-39-44-55(5)9-4)54-77-81(70,71)75-50-56(63)49-74-80(68,69)76-53-57(78-61(66)47-42-37-31-21-18-15-12-8-3)51-72-59(64)45-40-35-30-20-17-14-11-7-2/h55-58,63H,6-54H2,1-5H3,(H,68,69)(H,70,71)/t55?,56-,57+,58+/m0/s1. The molecule has 0 aromatic carbocycles. The number of rotatable bonds is 62. The van der Waals surface area contributed by atoms with Gasteiger partial charge in [0, 0.05) is 25.7 Å². The van der Waals surface area contributed by atoms with Crippen molar-refractivity contribution in [3.05, 3.63) is 0 Å². The molecule has 3 unspecified atom stereocenters. The molecule has 6 atom stereocenters. The summed E-state index contributed by atoms with van der Waals surface area (Å²) in [5, 5.41) is 10.5. The molecule has 0 heterocycles. The highest BCUT2D eigenvalue weighted by Gasteiger charge is 2.30. The number of esters is 4. The van der Waals surface area contributed by atoms with Crippen LogP contribution < -0.4 is 0 Å². The summed E-state index contributed by atoms with van der Waals surface area (Å²) >= 11 is 0. The molecular weight excluding hydrogens is 1080 g/mol. The minimum Gasteiger partial charge on any atom is -0.462 e. The second kappa shape index (κ2) is 55.9. The van der Waals surface area contributed by atoms with Gasteiger partial charge in [-0.15, -0.1) is 0 Å². The Morgan fingerprint density at radius 1 is 0.346 bits per heavy atom. The van der Waals surface area contributed by atoms with E-state index in [-0.39, 0.29) is 25.7 Å². The lowest BCUT2D eigenvalue weighted by molar-refractivity contribution is -0.161. The van der Waals surface area contributed by atoms with Crippen LogP contribution in [0.2, 0.25) is 0 Å². The van der Waals surface area contributed by atoms with Gasteiger partial charge in [0.15, 0.2) is 12.2 Å². The molecule has 0 radical (unpaired) electrons. The number of hydrogen-bond acceptors (Lipinski definition) is 15. The molecular formula is C62H120O17P2. The van der Waals surface area contributed by atoms with Gasteiger partial charge in [-0.05, 0) is 31.6 Å². The van der Waals surface area contributed by atoms with Crippen LogP contribution in [-0.4, -0.2) is 96.7 Å². The molecule has 0 saturated heterocycles. The maximum Gasteiger partial charge on any atom is 0.472 e. The smallest absolute Gasteiger partial charge is 0.462 e. The van der Waals surface area contributed by atoms with Gasteiger partial charge in [-0.25, -0.2) is 9.13 Å². The van der Waals surface area contributed by atoms with Crippen LogP contribution in [0.3, 0.4) is 0 Å². The summed E-state index contributed by atoms with van der Waals surface area (Å²) in [6.45, 7) is 7.15. The van der Waals surface area contributed by atoms with Crippen LogP contribution in [0.1, 0.15) is 311 Å². The number of phosphoric acid groups is 2. The van der Waals surface area contributed by atoms with E-state index in [2.05, 4.69) is 34.6 Å². The number of ether oxygens (including phenoxy) is 4. The lowest BCUT2D eigenvalue weighted by Crippen LogP contribution is -2.30. The average molecular weight is 1200 g/mol. The minimum absolute atomic E-state index is 0.105. The van der Waals surface area contributed by atoms with Crippen LogP contribution >= 0.6 is 15.6 Å². The first-order chi connectivity index (χ1) is 39.1. The molecule has 0 amide bonds. The predicted molar refractivity (Wildman–Crippen MR) is 322 cm³/mol. The van der Waals surface area contributed by atoms with Gasteiger partial charge in [-0.3, -0.25) is 37.3 Å². The summed E-state index contributed by atoms with van der Waals surface area (Å²) < 4.78 is 67.8. The van der Waals surface area contributed by atoms with E-state index in [1.807, 2.05) is 0 Å². The Kier molecular flexibility index (Phi) is 54.6. The van der Waals surface area contributed by atoms with Crippen LogP contribution in [0, 0.1) is 5.92 Å². The molecule has 0 fully saturated rings. The number of phosphoric ester groups is 2. The highest BCUT2D eigenvalue weighted by Crippen LogP contribution is 2.45. The molecule has 0 aromatic heterocycles. The zero-order valence-corrected chi connectivity index (χ0v) is 53.7. The number of aliphatic hydroxyl groups is 1. The molecule has 0 aromatic rings. The largest absolute Gasteiger partial charge is 0.472 e. The van der Waals surface area contributed by atoms with Gasteiger partial charge in [0.2, 0.25) is 0 Å². The summed E-state index contributed by atoms with van der Waals surface area (Å²) in [5.41, 5.74) is 0. The van der Waals surface area contributed by atoms with Crippen molar-refractivity contribution in [3.8, 4) is 0 Å². The third kappa shape index (κ3) is 55.7. The summed E-state index contributed by atoms with van der Waals surface area (Å²) in [6, 6.07) is 0. The third-order valence-electron chi connectivity index (χ3n) is 14.6. The van der Waals surface area contributed by atoms with E-state index in [4.69, 9.17) is 37.0 Å².